The Morgan fingerprint density at radius 2 is 2.05 bits per heavy atom. The number of hydrogen-bond donors (Lipinski definition) is 1. The number of nitrogens with one attached hydrogen (secondary N) is 1. The van der Waals surface area contributed by atoms with Gasteiger partial charge in [-0.2, -0.15) is 0 Å². The first-order chi connectivity index (χ1) is 9.75. The van der Waals surface area contributed by atoms with Gasteiger partial charge in [0.2, 0.25) is 5.91 Å². The van der Waals surface area contributed by atoms with Crippen molar-refractivity contribution in [3.05, 3.63) is 28.8 Å². The van der Waals surface area contributed by atoms with Gasteiger partial charge < -0.3 is 10.2 Å². The van der Waals surface area contributed by atoms with Crippen LogP contribution in [0.25, 0.3) is 0 Å². The van der Waals surface area contributed by atoms with Gasteiger partial charge in [-0.3, -0.25) is 4.79 Å². The molecule has 0 unspecified atom stereocenters. The van der Waals surface area contributed by atoms with E-state index < -0.39 is 0 Å². The lowest BCUT2D eigenvalue weighted by Gasteiger charge is -2.30. The zero-order chi connectivity index (χ0) is 13.9. The molecule has 0 saturated carbocycles. The number of benzene rings is 1. The Morgan fingerprint density at radius 1 is 1.25 bits per heavy atom. The Bertz CT molecular complexity index is 497. The molecule has 1 N–H and O–H groups in total. The van der Waals surface area contributed by atoms with Crippen molar-refractivity contribution in [2.75, 3.05) is 24.5 Å². The van der Waals surface area contributed by atoms with E-state index in [9.17, 15) is 4.79 Å². The van der Waals surface area contributed by atoms with Crippen LogP contribution in [0.3, 0.4) is 0 Å². The number of anilines is 1. The second-order valence-electron chi connectivity index (χ2n) is 5.74. The molecule has 2 aliphatic heterocycles. The fourth-order valence-electron chi connectivity index (χ4n) is 3.24. The van der Waals surface area contributed by atoms with Crippen LogP contribution in [0.5, 0.6) is 0 Å². The van der Waals surface area contributed by atoms with Crippen molar-refractivity contribution in [1.29, 1.82) is 0 Å². The maximum Gasteiger partial charge on any atom is 0.230 e. The maximum absolute atomic E-state index is 12.8. The van der Waals surface area contributed by atoms with Crippen LogP contribution in [-0.4, -0.2) is 25.5 Å². The molecule has 1 saturated heterocycles. The van der Waals surface area contributed by atoms with E-state index in [1.54, 1.807) is 0 Å². The van der Waals surface area contributed by atoms with Crippen LogP contribution in [0.4, 0.5) is 5.69 Å². The minimum absolute atomic E-state index is 0.179. The number of aryl methyl sites for hydroxylation is 1. The smallest absolute Gasteiger partial charge is 0.230 e. The van der Waals surface area contributed by atoms with Gasteiger partial charge in [0.15, 0.2) is 0 Å². The molecule has 1 fully saturated rings. The van der Waals surface area contributed by atoms with Gasteiger partial charge in [-0.25, -0.2) is 0 Å². The number of amides is 1. The SMILES string of the molecule is O=C(C1CCNCC1)N1CCCCc2cc(Cl)ccc21. The number of halogens is 1. The molecule has 3 rings (SSSR count). The van der Waals surface area contributed by atoms with E-state index in [1.807, 2.05) is 23.1 Å². The quantitative estimate of drug-likeness (QED) is 0.863. The number of piperidine rings is 1. The third-order valence-corrected chi connectivity index (χ3v) is 4.60. The summed E-state index contributed by atoms with van der Waals surface area (Å²) in [5, 5.41) is 4.09. The highest BCUT2D eigenvalue weighted by molar-refractivity contribution is 6.30. The topological polar surface area (TPSA) is 32.3 Å². The van der Waals surface area contributed by atoms with Gasteiger partial charge in [0, 0.05) is 23.2 Å². The highest BCUT2D eigenvalue weighted by Gasteiger charge is 2.28. The molecule has 0 bridgehead atoms. The average Bonchev–Trinajstić information content (AvgIpc) is 2.69. The number of carbonyl (C=O) groups excluding carboxylic acids is 1. The van der Waals surface area contributed by atoms with Crippen LogP contribution in [0.1, 0.15) is 31.2 Å². The molecule has 20 heavy (non-hydrogen) atoms. The molecule has 0 aromatic heterocycles. The minimum atomic E-state index is 0.179. The summed E-state index contributed by atoms with van der Waals surface area (Å²) < 4.78 is 0. The molecule has 108 valence electrons. The Balaban J connectivity index is 1.87. The van der Waals surface area contributed by atoms with Gasteiger partial charge in [0.05, 0.1) is 0 Å². The van der Waals surface area contributed by atoms with E-state index in [4.69, 9.17) is 11.6 Å². The predicted molar refractivity (Wildman–Crippen MR) is 82.3 cm³/mol. The Labute approximate surface area is 125 Å². The fourth-order valence-corrected chi connectivity index (χ4v) is 3.44. The number of nitrogens with zero attached hydrogens (tertiary/aromatic N) is 1. The largest absolute Gasteiger partial charge is 0.317 e. The van der Waals surface area contributed by atoms with Crippen molar-refractivity contribution in [2.45, 2.75) is 32.1 Å². The first-order valence-electron chi connectivity index (χ1n) is 7.56. The van der Waals surface area contributed by atoms with Crippen LogP contribution in [0, 0.1) is 5.92 Å². The lowest BCUT2D eigenvalue weighted by Crippen LogP contribution is -2.41. The van der Waals surface area contributed by atoms with Crippen molar-refractivity contribution in [2.24, 2.45) is 5.92 Å². The van der Waals surface area contributed by atoms with Gasteiger partial charge in [-0.1, -0.05) is 11.6 Å². The zero-order valence-electron chi connectivity index (χ0n) is 11.7. The molecule has 2 heterocycles. The Hall–Kier alpha value is -1.06. The fraction of sp³-hybridized carbons (Fsp3) is 0.562. The summed E-state index contributed by atoms with van der Waals surface area (Å²) in [7, 11) is 0. The maximum atomic E-state index is 12.8. The minimum Gasteiger partial charge on any atom is -0.317 e. The molecule has 0 radical (unpaired) electrons. The van der Waals surface area contributed by atoms with E-state index in [-0.39, 0.29) is 5.92 Å². The van der Waals surface area contributed by atoms with E-state index in [2.05, 4.69) is 5.32 Å². The van der Waals surface area contributed by atoms with Crippen molar-refractivity contribution >= 4 is 23.2 Å². The summed E-state index contributed by atoms with van der Waals surface area (Å²) in [5.74, 6) is 0.481. The van der Waals surface area contributed by atoms with Crippen LogP contribution in [0.2, 0.25) is 5.02 Å². The molecule has 1 amide bonds. The summed E-state index contributed by atoms with van der Waals surface area (Å²) >= 11 is 6.09. The molecule has 1 aromatic rings. The van der Waals surface area contributed by atoms with E-state index in [1.165, 1.54) is 5.56 Å². The second-order valence-corrected chi connectivity index (χ2v) is 6.18. The highest BCUT2D eigenvalue weighted by Crippen LogP contribution is 2.31. The molecule has 2 aliphatic rings. The lowest BCUT2D eigenvalue weighted by molar-refractivity contribution is -0.123. The normalized spacial score (nSPS) is 20.4. The van der Waals surface area contributed by atoms with E-state index in [0.717, 1.165) is 62.4 Å². The summed E-state index contributed by atoms with van der Waals surface area (Å²) in [5.41, 5.74) is 2.30. The van der Waals surface area contributed by atoms with Crippen molar-refractivity contribution in [3.8, 4) is 0 Å². The third-order valence-electron chi connectivity index (χ3n) is 4.36. The summed E-state index contributed by atoms with van der Waals surface area (Å²) in [6.07, 6.45) is 5.13. The van der Waals surface area contributed by atoms with Gasteiger partial charge in [0.1, 0.15) is 0 Å². The lowest BCUT2D eigenvalue weighted by atomic mass is 9.96. The molecule has 3 nitrogen and oxygen atoms in total. The van der Waals surface area contributed by atoms with Crippen LogP contribution in [0.15, 0.2) is 18.2 Å². The summed E-state index contributed by atoms with van der Waals surface area (Å²) in [4.78, 5) is 14.8. The average molecular weight is 293 g/mol. The molecule has 0 aliphatic carbocycles. The molecule has 0 spiro atoms. The molecular weight excluding hydrogens is 272 g/mol. The van der Waals surface area contributed by atoms with E-state index in [0.29, 0.717) is 5.91 Å². The van der Waals surface area contributed by atoms with Gasteiger partial charge in [-0.15, -0.1) is 0 Å². The number of hydrogen-bond acceptors (Lipinski definition) is 2. The molecule has 1 aromatic carbocycles. The Kier molecular flexibility index (Phi) is 4.27. The van der Waals surface area contributed by atoms with E-state index >= 15 is 0 Å². The monoisotopic (exact) mass is 292 g/mol. The standard InChI is InChI=1S/C16H21ClN2O/c17-14-4-5-15-13(11-14)3-1-2-10-19(15)16(20)12-6-8-18-9-7-12/h4-5,11-12,18H,1-3,6-10H2. The Morgan fingerprint density at radius 3 is 2.85 bits per heavy atom. The van der Waals surface area contributed by atoms with Crippen LogP contribution in [-0.2, 0) is 11.2 Å². The summed E-state index contributed by atoms with van der Waals surface area (Å²) in [6, 6.07) is 5.93. The third kappa shape index (κ3) is 2.84. The molecule has 0 atom stereocenters. The van der Waals surface area contributed by atoms with Crippen molar-refractivity contribution in [1.82, 2.24) is 5.32 Å². The zero-order valence-corrected chi connectivity index (χ0v) is 12.5. The van der Waals surface area contributed by atoms with Crippen molar-refractivity contribution < 1.29 is 4.79 Å². The first-order valence-corrected chi connectivity index (χ1v) is 7.94. The van der Waals surface area contributed by atoms with Gasteiger partial charge in [-0.05, 0) is 69.0 Å². The van der Waals surface area contributed by atoms with Crippen LogP contribution < -0.4 is 10.2 Å². The number of carbonyl (C=O) groups is 1. The second kappa shape index (κ2) is 6.15. The first kappa shape index (κ1) is 13.9. The summed E-state index contributed by atoms with van der Waals surface area (Å²) in [6.45, 7) is 2.76. The molecular formula is C16H21ClN2O. The molecule has 4 heteroatoms. The van der Waals surface area contributed by atoms with Crippen LogP contribution >= 0.6 is 11.6 Å². The van der Waals surface area contributed by atoms with Crippen molar-refractivity contribution in [3.63, 3.8) is 0 Å². The van der Waals surface area contributed by atoms with Gasteiger partial charge in [0.25, 0.3) is 0 Å². The predicted octanol–water partition coefficient (Wildman–Crippen LogP) is 3.01. The highest BCUT2D eigenvalue weighted by atomic mass is 35.5. The number of rotatable bonds is 1. The van der Waals surface area contributed by atoms with Gasteiger partial charge >= 0.3 is 0 Å². The number of fused-ring (bicyclic) bond motifs is 1.